The fraction of sp³-hybridized carbons (Fsp3) is 0.353. The molecule has 8 heteroatoms. The van der Waals surface area contributed by atoms with Crippen molar-refractivity contribution < 1.29 is 9.84 Å². The molecule has 25 heavy (non-hydrogen) atoms. The van der Waals surface area contributed by atoms with Crippen LogP contribution in [0, 0.1) is 13.8 Å². The summed E-state index contributed by atoms with van der Waals surface area (Å²) in [6, 6.07) is 5.40. The normalized spacial score (nSPS) is 12.4. The van der Waals surface area contributed by atoms with Crippen molar-refractivity contribution in [3.63, 3.8) is 0 Å². The number of aryl methyl sites for hydroxylation is 3. The van der Waals surface area contributed by atoms with E-state index < -0.39 is 6.10 Å². The number of anilines is 1. The molecule has 1 aromatic carbocycles. The van der Waals surface area contributed by atoms with Crippen LogP contribution in [-0.2, 0) is 7.05 Å². The molecule has 0 aliphatic carbocycles. The van der Waals surface area contributed by atoms with Crippen LogP contribution in [0.15, 0.2) is 24.4 Å². The van der Waals surface area contributed by atoms with Gasteiger partial charge in [0.2, 0.25) is 0 Å². The third-order valence-corrected chi connectivity index (χ3v) is 4.20. The summed E-state index contributed by atoms with van der Waals surface area (Å²) in [6.45, 7) is 4.19. The van der Waals surface area contributed by atoms with E-state index in [0.717, 1.165) is 16.6 Å². The van der Waals surface area contributed by atoms with Crippen molar-refractivity contribution in [2.75, 3.05) is 18.5 Å². The van der Waals surface area contributed by atoms with E-state index >= 15 is 0 Å². The summed E-state index contributed by atoms with van der Waals surface area (Å²) in [6.07, 6.45) is 1.01. The van der Waals surface area contributed by atoms with E-state index in [0.29, 0.717) is 29.0 Å². The number of aliphatic hydroxyl groups excluding tert-OH is 1. The molecule has 132 valence electrons. The summed E-state index contributed by atoms with van der Waals surface area (Å²) in [4.78, 5) is 8.75. The highest BCUT2D eigenvalue weighted by Gasteiger charge is 2.12. The van der Waals surface area contributed by atoms with Gasteiger partial charge < -0.3 is 15.2 Å². The molecule has 0 bridgehead atoms. The quantitative estimate of drug-likeness (QED) is 0.701. The van der Waals surface area contributed by atoms with Crippen LogP contribution in [0.5, 0.6) is 5.75 Å². The van der Waals surface area contributed by atoms with Crippen LogP contribution in [-0.4, -0.2) is 44.1 Å². The van der Waals surface area contributed by atoms with Gasteiger partial charge >= 0.3 is 0 Å². The van der Waals surface area contributed by atoms with Crippen LogP contribution in [0.4, 0.5) is 5.82 Å². The maximum absolute atomic E-state index is 10.2. The minimum atomic E-state index is -0.696. The van der Waals surface area contributed by atoms with Gasteiger partial charge in [0.25, 0.3) is 0 Å². The summed E-state index contributed by atoms with van der Waals surface area (Å²) in [5.41, 5.74) is 1.68. The van der Waals surface area contributed by atoms with Gasteiger partial charge in [-0.25, -0.2) is 9.97 Å². The second kappa shape index (κ2) is 7.25. The highest BCUT2D eigenvalue weighted by atomic mass is 35.5. The van der Waals surface area contributed by atoms with Gasteiger partial charge in [0, 0.05) is 18.6 Å². The lowest BCUT2D eigenvalue weighted by molar-refractivity contribution is 0.117. The Kier molecular flexibility index (Phi) is 5.06. The van der Waals surface area contributed by atoms with E-state index in [1.54, 1.807) is 23.0 Å². The summed E-state index contributed by atoms with van der Waals surface area (Å²) in [5, 5.41) is 19.0. The predicted octanol–water partition coefficient (Wildman–Crippen LogP) is 2.49. The largest absolute Gasteiger partial charge is 0.491 e. The Morgan fingerprint density at radius 1 is 1.32 bits per heavy atom. The number of ether oxygens (including phenoxy) is 1. The molecule has 0 amide bonds. The fourth-order valence-corrected chi connectivity index (χ4v) is 2.56. The van der Waals surface area contributed by atoms with Gasteiger partial charge in [-0.05, 0) is 37.6 Å². The third kappa shape index (κ3) is 4.00. The SMILES string of the molecule is Cc1nc(NCC(O)COc2ccc(Cl)c(C)c2)c2cnn(C)c2n1. The summed E-state index contributed by atoms with van der Waals surface area (Å²) < 4.78 is 7.30. The van der Waals surface area contributed by atoms with Crippen molar-refractivity contribution in [3.8, 4) is 5.75 Å². The van der Waals surface area contributed by atoms with Crippen molar-refractivity contribution in [2.45, 2.75) is 20.0 Å². The Hall–Kier alpha value is -2.38. The molecule has 0 spiro atoms. The van der Waals surface area contributed by atoms with Crippen molar-refractivity contribution >= 4 is 28.5 Å². The first-order valence-electron chi connectivity index (χ1n) is 7.91. The highest BCUT2D eigenvalue weighted by Crippen LogP contribution is 2.21. The number of hydrogen-bond acceptors (Lipinski definition) is 6. The smallest absolute Gasteiger partial charge is 0.163 e. The topological polar surface area (TPSA) is 85.1 Å². The zero-order valence-electron chi connectivity index (χ0n) is 14.3. The van der Waals surface area contributed by atoms with Gasteiger partial charge in [0.1, 0.15) is 30.1 Å². The third-order valence-electron chi connectivity index (χ3n) is 3.78. The van der Waals surface area contributed by atoms with E-state index in [-0.39, 0.29) is 6.61 Å². The summed E-state index contributed by atoms with van der Waals surface area (Å²) in [5.74, 6) is 1.96. The minimum absolute atomic E-state index is 0.161. The molecular weight excluding hydrogens is 342 g/mol. The molecule has 0 radical (unpaired) electrons. The van der Waals surface area contributed by atoms with Gasteiger partial charge in [0.05, 0.1) is 11.6 Å². The molecule has 3 aromatic rings. The number of aliphatic hydroxyl groups is 1. The molecule has 1 atom stereocenters. The average Bonchev–Trinajstić information content (AvgIpc) is 2.95. The van der Waals surface area contributed by atoms with Crippen molar-refractivity contribution in [1.29, 1.82) is 0 Å². The predicted molar refractivity (Wildman–Crippen MR) is 97.2 cm³/mol. The molecular formula is C17H20ClN5O2. The fourth-order valence-electron chi connectivity index (χ4n) is 2.44. The maximum Gasteiger partial charge on any atom is 0.163 e. The van der Waals surface area contributed by atoms with Crippen molar-refractivity contribution in [1.82, 2.24) is 19.7 Å². The van der Waals surface area contributed by atoms with E-state index in [4.69, 9.17) is 16.3 Å². The lowest BCUT2D eigenvalue weighted by Crippen LogP contribution is -2.26. The minimum Gasteiger partial charge on any atom is -0.491 e. The lowest BCUT2D eigenvalue weighted by atomic mass is 10.2. The number of aromatic nitrogens is 4. The van der Waals surface area contributed by atoms with Crippen LogP contribution in [0.2, 0.25) is 5.02 Å². The maximum atomic E-state index is 10.2. The highest BCUT2D eigenvalue weighted by molar-refractivity contribution is 6.31. The van der Waals surface area contributed by atoms with Crippen LogP contribution in [0.1, 0.15) is 11.4 Å². The van der Waals surface area contributed by atoms with Gasteiger partial charge in [-0.3, -0.25) is 4.68 Å². The molecule has 2 N–H and O–H groups in total. The van der Waals surface area contributed by atoms with Gasteiger partial charge in [-0.2, -0.15) is 5.10 Å². The Balaban J connectivity index is 1.60. The van der Waals surface area contributed by atoms with E-state index in [9.17, 15) is 5.11 Å². The van der Waals surface area contributed by atoms with Crippen LogP contribution in [0.25, 0.3) is 11.0 Å². The number of fused-ring (bicyclic) bond motifs is 1. The van der Waals surface area contributed by atoms with Gasteiger partial charge in [-0.15, -0.1) is 0 Å². The van der Waals surface area contributed by atoms with Gasteiger partial charge in [-0.1, -0.05) is 11.6 Å². The Morgan fingerprint density at radius 3 is 2.88 bits per heavy atom. The second-order valence-corrected chi connectivity index (χ2v) is 6.29. The molecule has 3 rings (SSSR count). The van der Waals surface area contributed by atoms with E-state index in [1.165, 1.54) is 0 Å². The Bertz CT molecular complexity index is 896. The molecule has 0 aliphatic heterocycles. The molecule has 0 aliphatic rings. The summed E-state index contributed by atoms with van der Waals surface area (Å²) >= 11 is 5.99. The molecule has 0 fully saturated rings. The Morgan fingerprint density at radius 2 is 2.12 bits per heavy atom. The van der Waals surface area contributed by atoms with Crippen LogP contribution in [0.3, 0.4) is 0 Å². The first kappa shape index (κ1) is 17.4. The number of benzene rings is 1. The van der Waals surface area contributed by atoms with Gasteiger partial charge in [0.15, 0.2) is 5.65 Å². The zero-order valence-corrected chi connectivity index (χ0v) is 15.1. The monoisotopic (exact) mass is 361 g/mol. The second-order valence-electron chi connectivity index (χ2n) is 5.88. The molecule has 0 saturated heterocycles. The lowest BCUT2D eigenvalue weighted by Gasteiger charge is -2.14. The number of nitrogens with zero attached hydrogens (tertiary/aromatic N) is 4. The summed E-state index contributed by atoms with van der Waals surface area (Å²) in [7, 11) is 1.83. The number of hydrogen-bond donors (Lipinski definition) is 2. The standard InChI is InChI=1S/C17H20ClN5O2/c1-10-6-13(4-5-15(10)18)25-9-12(24)7-19-16-14-8-20-23(3)17(14)22-11(2)21-16/h4-6,8,12,24H,7,9H2,1-3H3,(H,19,21,22). The van der Waals surface area contributed by atoms with Crippen molar-refractivity contribution in [2.24, 2.45) is 7.05 Å². The number of nitrogens with one attached hydrogen (secondary N) is 1. The van der Waals surface area contributed by atoms with Crippen LogP contribution >= 0.6 is 11.6 Å². The van der Waals surface area contributed by atoms with Crippen LogP contribution < -0.4 is 10.1 Å². The van der Waals surface area contributed by atoms with E-state index in [2.05, 4.69) is 20.4 Å². The zero-order chi connectivity index (χ0) is 18.0. The van der Waals surface area contributed by atoms with Crippen molar-refractivity contribution in [3.05, 3.63) is 40.8 Å². The first-order valence-corrected chi connectivity index (χ1v) is 8.29. The Labute approximate surface area is 150 Å². The molecule has 2 heterocycles. The molecule has 2 aromatic heterocycles. The molecule has 0 saturated carbocycles. The van der Waals surface area contributed by atoms with E-state index in [1.807, 2.05) is 27.0 Å². The first-order chi connectivity index (χ1) is 11.9. The molecule has 1 unspecified atom stereocenters. The number of rotatable bonds is 6. The number of halogens is 1. The molecule has 7 nitrogen and oxygen atoms in total. The average molecular weight is 362 g/mol.